The predicted octanol–water partition coefficient (Wildman–Crippen LogP) is 2.66. The van der Waals surface area contributed by atoms with E-state index in [0.29, 0.717) is 38.2 Å². The summed E-state index contributed by atoms with van der Waals surface area (Å²) < 4.78 is 55.9. The molecule has 6 rings (SSSR count). The molecule has 3 unspecified atom stereocenters. The Bertz CT molecular complexity index is 1430. The van der Waals surface area contributed by atoms with Gasteiger partial charge in [0.05, 0.1) is 42.6 Å². The van der Waals surface area contributed by atoms with Gasteiger partial charge in [-0.2, -0.15) is 0 Å². The Balaban J connectivity index is 0.00000368. The molecule has 3 aliphatic carbocycles. The van der Waals surface area contributed by atoms with E-state index < -0.39 is 21.3 Å². The van der Waals surface area contributed by atoms with Crippen molar-refractivity contribution >= 4 is 16.1 Å². The second-order valence-electron chi connectivity index (χ2n) is 13.4. The van der Waals surface area contributed by atoms with E-state index in [0.717, 1.165) is 30.4 Å². The van der Waals surface area contributed by atoms with Crippen molar-refractivity contribution in [3.63, 3.8) is 0 Å². The van der Waals surface area contributed by atoms with Crippen molar-refractivity contribution < 1.29 is 61.5 Å². The first-order valence-corrected chi connectivity index (χ1v) is 16.7. The summed E-state index contributed by atoms with van der Waals surface area (Å²) in [7, 11) is -4.54. The maximum absolute atomic E-state index is 12.6. The molecule has 0 amide bonds. The largest absolute Gasteiger partial charge is 1.00 e. The third-order valence-electron chi connectivity index (χ3n) is 11.2. The Labute approximate surface area is 277 Å². The van der Waals surface area contributed by atoms with E-state index in [4.69, 9.17) is 14.2 Å². The van der Waals surface area contributed by atoms with E-state index in [1.807, 2.05) is 42.5 Å². The fourth-order valence-corrected chi connectivity index (χ4v) is 10.6. The molecule has 1 aliphatic heterocycles. The number of ether oxygens (including phenoxy) is 3. The molecule has 7 atom stereocenters. The molecule has 0 N–H and O–H groups in total. The normalized spacial score (nSPS) is 35.0. The number of hydrogen-bond acceptors (Lipinski definition) is 7. The van der Waals surface area contributed by atoms with Crippen LogP contribution in [0.25, 0.3) is 0 Å². The van der Waals surface area contributed by atoms with Crippen LogP contribution in [0.1, 0.15) is 57.1 Å². The summed E-state index contributed by atoms with van der Waals surface area (Å²) in [6.07, 6.45) is 5.43. The summed E-state index contributed by atoms with van der Waals surface area (Å²) in [5, 5.41) is 0. The molecule has 0 aromatic heterocycles. The zero-order valence-electron chi connectivity index (χ0n) is 25.5. The van der Waals surface area contributed by atoms with Gasteiger partial charge in [0, 0.05) is 22.7 Å². The van der Waals surface area contributed by atoms with Crippen LogP contribution in [-0.4, -0.2) is 44.0 Å². The third kappa shape index (κ3) is 6.18. The molecule has 7 nitrogen and oxygen atoms in total. The van der Waals surface area contributed by atoms with Gasteiger partial charge in [-0.05, 0) is 65.9 Å². The summed E-state index contributed by atoms with van der Waals surface area (Å²) in [6.45, 7) is 6.23. The van der Waals surface area contributed by atoms with Gasteiger partial charge < -0.3 is 18.8 Å². The van der Waals surface area contributed by atoms with E-state index >= 15 is 0 Å². The van der Waals surface area contributed by atoms with Crippen molar-refractivity contribution in [3.8, 4) is 0 Å². The van der Waals surface area contributed by atoms with Gasteiger partial charge in [0.1, 0.15) is 0 Å². The van der Waals surface area contributed by atoms with E-state index in [1.54, 1.807) is 0 Å². The number of carbonyl (C=O) groups excluding carboxylic acids is 1. The zero-order chi connectivity index (χ0) is 29.6. The number of carbonyl (C=O) groups is 1. The van der Waals surface area contributed by atoms with Crippen LogP contribution in [0, 0.1) is 34.0 Å². The second-order valence-corrected chi connectivity index (χ2v) is 14.8. The topological polar surface area (TPSA) is 102 Å². The molecule has 2 aromatic rings. The molecule has 226 valence electrons. The third-order valence-corrected chi connectivity index (χ3v) is 12.1. The van der Waals surface area contributed by atoms with Crippen molar-refractivity contribution in [2.45, 2.75) is 65.3 Å². The number of hydrogen-bond donors (Lipinski definition) is 0. The molecular formula is C34H41NaO7S. The molecule has 1 heterocycles. The van der Waals surface area contributed by atoms with Gasteiger partial charge in [0.15, 0.2) is 0 Å². The average Bonchev–Trinajstić information content (AvgIpc) is 3.34. The molecule has 1 saturated heterocycles. The van der Waals surface area contributed by atoms with Crippen LogP contribution >= 0.6 is 0 Å². The van der Waals surface area contributed by atoms with E-state index in [9.17, 15) is 17.8 Å². The van der Waals surface area contributed by atoms with E-state index in [-0.39, 0.29) is 76.8 Å². The molecule has 4 aliphatic rings. The summed E-state index contributed by atoms with van der Waals surface area (Å²) in [4.78, 5) is 12.6. The van der Waals surface area contributed by atoms with Crippen LogP contribution in [0.15, 0.2) is 72.3 Å². The fraction of sp³-hybridized carbons (Fsp3) is 0.559. The Morgan fingerprint density at radius 2 is 1.58 bits per heavy atom. The van der Waals surface area contributed by atoms with Crippen molar-refractivity contribution in [3.05, 3.63) is 83.4 Å². The van der Waals surface area contributed by atoms with Gasteiger partial charge in [-0.25, -0.2) is 13.2 Å². The van der Waals surface area contributed by atoms with Gasteiger partial charge in [0.2, 0.25) is 0 Å². The van der Waals surface area contributed by atoms with Crippen molar-refractivity contribution in [1.82, 2.24) is 0 Å². The summed E-state index contributed by atoms with van der Waals surface area (Å²) >= 11 is 0. The van der Waals surface area contributed by atoms with E-state index in [1.165, 1.54) is 0 Å². The summed E-state index contributed by atoms with van der Waals surface area (Å²) in [6, 6.07) is 20.3. The summed E-state index contributed by atoms with van der Waals surface area (Å²) in [5.74, 6) is -1.08. The maximum atomic E-state index is 12.6. The predicted molar refractivity (Wildman–Crippen MR) is 157 cm³/mol. The minimum absolute atomic E-state index is 0. The molecule has 0 radical (unpaired) electrons. The first-order chi connectivity index (χ1) is 20.1. The van der Waals surface area contributed by atoms with Crippen LogP contribution in [0.2, 0.25) is 0 Å². The molecule has 3 fully saturated rings. The van der Waals surface area contributed by atoms with Gasteiger partial charge in [0.25, 0.3) is 0 Å². The van der Waals surface area contributed by atoms with Gasteiger partial charge in [-0.15, -0.1) is 0 Å². The van der Waals surface area contributed by atoms with Crippen LogP contribution < -0.4 is 29.6 Å². The number of esters is 1. The average molecular weight is 617 g/mol. The van der Waals surface area contributed by atoms with Crippen LogP contribution in [0.4, 0.5) is 0 Å². The monoisotopic (exact) mass is 616 g/mol. The molecule has 0 bridgehead atoms. The number of rotatable bonds is 9. The molecule has 0 spiro atoms. The Morgan fingerprint density at radius 3 is 2.23 bits per heavy atom. The molecule has 9 heteroatoms. The number of cyclic esters (lactones) is 1. The first kappa shape index (κ1) is 32.9. The second kappa shape index (κ2) is 12.7. The van der Waals surface area contributed by atoms with Crippen molar-refractivity contribution in [2.75, 3.05) is 19.0 Å². The molecule has 43 heavy (non-hydrogen) atoms. The first-order valence-electron chi connectivity index (χ1n) is 15.1. The minimum atomic E-state index is -4.54. The number of benzene rings is 2. The van der Waals surface area contributed by atoms with E-state index in [2.05, 4.69) is 38.1 Å². The molecule has 2 aromatic carbocycles. The van der Waals surface area contributed by atoms with Crippen molar-refractivity contribution in [2.24, 2.45) is 34.0 Å². The van der Waals surface area contributed by atoms with Gasteiger partial charge in [-0.3, -0.25) is 0 Å². The van der Waals surface area contributed by atoms with Crippen LogP contribution in [0.3, 0.4) is 0 Å². The van der Waals surface area contributed by atoms with Crippen LogP contribution in [-0.2, 0) is 42.3 Å². The minimum Gasteiger partial charge on any atom is -0.748 e. The summed E-state index contributed by atoms with van der Waals surface area (Å²) in [5.41, 5.74) is 1.37. The zero-order valence-corrected chi connectivity index (χ0v) is 28.3. The number of allylic oxidation sites excluding steroid dienone is 1. The van der Waals surface area contributed by atoms with Crippen molar-refractivity contribution in [1.29, 1.82) is 0 Å². The quantitative estimate of drug-likeness (QED) is 0.243. The Hall–Kier alpha value is -1.52. The smallest absolute Gasteiger partial charge is 0.748 e. The standard InChI is InChI=1S/C34H42O7S.Na/c1-32-17-16-30(40-20-25-11-7-4-8-12-25)33(2,22-39-19-24-9-5-3-6-10-24)28(32)15-18-34(23-42(36,37)38)27-21-41-31(35)26(27)13-14-29(32)34;/h3-13,27-30H,14-23H2,1-2H3,(H,36,37,38);/q;+1/p-1/t27?,28?,29?,30-,32-,33+,34+;/m1./s1. The van der Waals surface area contributed by atoms with Gasteiger partial charge in [-0.1, -0.05) is 80.6 Å². The Kier molecular flexibility index (Phi) is 9.71. The SMILES string of the molecule is C[C@@]12CC[C@@H](OCc3ccccc3)[C@@](C)(COCc3ccccc3)C1CC[C@]1(CS(=O)(=O)[O-])C3COC(=O)C3=CCC21.[Na+]. The molecular weight excluding hydrogens is 575 g/mol. The maximum Gasteiger partial charge on any atom is 1.00 e. The van der Waals surface area contributed by atoms with Crippen LogP contribution in [0.5, 0.6) is 0 Å². The Morgan fingerprint density at radius 1 is 0.930 bits per heavy atom. The molecule has 2 saturated carbocycles. The fourth-order valence-electron chi connectivity index (χ4n) is 9.39. The number of fused-ring (bicyclic) bond motifs is 5. The van der Waals surface area contributed by atoms with Gasteiger partial charge >= 0.3 is 35.5 Å².